The number of halogens is 1. The van der Waals surface area contributed by atoms with E-state index in [0.29, 0.717) is 9.92 Å². The van der Waals surface area contributed by atoms with Gasteiger partial charge in [-0.05, 0) is 51.0 Å². The predicted octanol–water partition coefficient (Wildman–Crippen LogP) is 3.93. The lowest BCUT2D eigenvalue weighted by Gasteiger charge is -2.32. The lowest BCUT2D eigenvalue weighted by atomic mass is 10.2. The zero-order valence-electron chi connectivity index (χ0n) is 11.9. The molecule has 0 N–H and O–H groups in total. The molecule has 1 aromatic carbocycles. The van der Waals surface area contributed by atoms with Gasteiger partial charge >= 0.3 is 0 Å². The summed E-state index contributed by atoms with van der Waals surface area (Å²) in [5.41, 5.74) is 0. The molecular formula is C14H22ClNO2S. The van der Waals surface area contributed by atoms with Crippen LogP contribution >= 0.6 is 11.6 Å². The zero-order valence-corrected chi connectivity index (χ0v) is 13.5. The number of hydrogen-bond acceptors (Lipinski definition) is 2. The maximum absolute atomic E-state index is 12.7. The van der Waals surface area contributed by atoms with Gasteiger partial charge in [0.05, 0.1) is 4.90 Å². The molecule has 1 aromatic rings. The third-order valence-corrected chi connectivity index (χ3v) is 5.83. The van der Waals surface area contributed by atoms with Gasteiger partial charge in [-0.3, -0.25) is 0 Å². The van der Waals surface area contributed by atoms with E-state index < -0.39 is 10.0 Å². The molecule has 2 atom stereocenters. The van der Waals surface area contributed by atoms with E-state index in [1.807, 2.05) is 27.7 Å². The minimum absolute atomic E-state index is 0.0179. The summed E-state index contributed by atoms with van der Waals surface area (Å²) >= 11 is 5.81. The van der Waals surface area contributed by atoms with E-state index in [1.54, 1.807) is 28.6 Å². The largest absolute Gasteiger partial charge is 0.243 e. The van der Waals surface area contributed by atoms with Crippen molar-refractivity contribution in [1.82, 2.24) is 4.31 Å². The Balaban J connectivity index is 3.23. The lowest BCUT2D eigenvalue weighted by molar-refractivity contribution is 0.262. The van der Waals surface area contributed by atoms with Gasteiger partial charge in [-0.15, -0.1) is 0 Å². The van der Waals surface area contributed by atoms with E-state index >= 15 is 0 Å². The molecule has 0 aliphatic carbocycles. The van der Waals surface area contributed by atoms with Crippen LogP contribution < -0.4 is 0 Å². The molecule has 0 amide bonds. The van der Waals surface area contributed by atoms with Crippen molar-refractivity contribution in [2.75, 3.05) is 0 Å². The molecule has 1 rings (SSSR count). The first-order chi connectivity index (χ1) is 8.84. The third kappa shape index (κ3) is 3.71. The van der Waals surface area contributed by atoms with Crippen molar-refractivity contribution in [3.05, 3.63) is 29.3 Å². The summed E-state index contributed by atoms with van der Waals surface area (Å²) in [4.78, 5) is 0.303. The van der Waals surface area contributed by atoms with E-state index in [-0.39, 0.29) is 12.1 Å². The monoisotopic (exact) mass is 303 g/mol. The molecule has 0 fully saturated rings. The molecule has 0 radical (unpaired) electrons. The van der Waals surface area contributed by atoms with Crippen LogP contribution in [0.2, 0.25) is 5.02 Å². The first kappa shape index (κ1) is 16.5. The van der Waals surface area contributed by atoms with Crippen molar-refractivity contribution in [3.8, 4) is 0 Å². The zero-order chi connectivity index (χ0) is 14.6. The van der Waals surface area contributed by atoms with Gasteiger partial charge in [0.15, 0.2) is 0 Å². The molecule has 0 saturated carbocycles. The molecule has 0 unspecified atom stereocenters. The number of benzene rings is 1. The fourth-order valence-electron chi connectivity index (χ4n) is 2.00. The SMILES string of the molecule is CC[C@@H](C)N([C@H](C)CC)S(=O)(=O)c1ccc(Cl)cc1. The summed E-state index contributed by atoms with van der Waals surface area (Å²) in [6.07, 6.45) is 1.58. The molecule has 5 heteroatoms. The van der Waals surface area contributed by atoms with Crippen molar-refractivity contribution >= 4 is 21.6 Å². The molecule has 108 valence electrons. The number of rotatable bonds is 6. The Morgan fingerprint density at radius 2 is 1.47 bits per heavy atom. The van der Waals surface area contributed by atoms with Gasteiger partial charge in [-0.2, -0.15) is 4.31 Å². The third-order valence-electron chi connectivity index (χ3n) is 3.44. The highest BCUT2D eigenvalue weighted by Crippen LogP contribution is 2.24. The second-order valence-corrected chi connectivity index (χ2v) is 7.08. The smallest absolute Gasteiger partial charge is 0.207 e. The van der Waals surface area contributed by atoms with Gasteiger partial charge in [-0.25, -0.2) is 8.42 Å². The average molecular weight is 304 g/mol. The maximum atomic E-state index is 12.7. The average Bonchev–Trinajstić information content (AvgIpc) is 2.38. The summed E-state index contributed by atoms with van der Waals surface area (Å²) in [7, 11) is -3.47. The van der Waals surface area contributed by atoms with Crippen LogP contribution in [0.15, 0.2) is 29.2 Å². The fraction of sp³-hybridized carbons (Fsp3) is 0.571. The first-order valence-electron chi connectivity index (χ1n) is 6.63. The number of hydrogen-bond donors (Lipinski definition) is 0. The Morgan fingerprint density at radius 3 is 1.84 bits per heavy atom. The van der Waals surface area contributed by atoms with Crippen molar-refractivity contribution in [2.24, 2.45) is 0 Å². The Kier molecular flexibility index (Phi) is 5.83. The summed E-state index contributed by atoms with van der Waals surface area (Å²) < 4.78 is 27.1. The van der Waals surface area contributed by atoms with Crippen molar-refractivity contribution in [3.63, 3.8) is 0 Å². The molecule has 0 aliphatic rings. The van der Waals surface area contributed by atoms with Crippen LogP contribution in [0, 0.1) is 0 Å². The Bertz CT molecular complexity index is 489. The van der Waals surface area contributed by atoms with Gasteiger partial charge < -0.3 is 0 Å². The molecule has 0 aliphatic heterocycles. The standard InChI is InChI=1S/C14H22ClNO2S/c1-5-11(3)16(12(4)6-2)19(17,18)14-9-7-13(15)8-10-14/h7-12H,5-6H2,1-4H3/t11-,12-/m1/s1. The summed E-state index contributed by atoms with van der Waals surface area (Å²) in [5.74, 6) is 0. The Morgan fingerprint density at radius 1 is 1.05 bits per heavy atom. The minimum Gasteiger partial charge on any atom is -0.207 e. The Labute approximate surface area is 121 Å². The highest BCUT2D eigenvalue weighted by molar-refractivity contribution is 7.89. The highest BCUT2D eigenvalue weighted by atomic mass is 35.5. The maximum Gasteiger partial charge on any atom is 0.243 e. The topological polar surface area (TPSA) is 37.4 Å². The van der Waals surface area contributed by atoms with E-state index in [0.717, 1.165) is 12.8 Å². The van der Waals surface area contributed by atoms with Crippen LogP contribution in [0.25, 0.3) is 0 Å². The minimum atomic E-state index is -3.47. The van der Waals surface area contributed by atoms with Gasteiger partial charge in [0.2, 0.25) is 10.0 Å². The first-order valence-corrected chi connectivity index (χ1v) is 8.45. The van der Waals surface area contributed by atoms with Crippen LogP contribution in [0.4, 0.5) is 0 Å². The van der Waals surface area contributed by atoms with Crippen LogP contribution in [-0.4, -0.2) is 24.8 Å². The lowest BCUT2D eigenvalue weighted by Crippen LogP contribution is -2.44. The van der Waals surface area contributed by atoms with Gasteiger partial charge in [0, 0.05) is 17.1 Å². The summed E-state index contributed by atoms with van der Waals surface area (Å²) in [5, 5.41) is 0.539. The molecule has 0 aromatic heterocycles. The van der Waals surface area contributed by atoms with E-state index in [4.69, 9.17) is 11.6 Å². The molecule has 3 nitrogen and oxygen atoms in total. The van der Waals surface area contributed by atoms with Gasteiger partial charge in [0.25, 0.3) is 0 Å². The van der Waals surface area contributed by atoms with Crippen molar-refractivity contribution in [2.45, 2.75) is 57.5 Å². The molecular weight excluding hydrogens is 282 g/mol. The molecule has 0 saturated heterocycles. The van der Waals surface area contributed by atoms with Gasteiger partial charge in [-0.1, -0.05) is 25.4 Å². The summed E-state index contributed by atoms with van der Waals surface area (Å²) in [6, 6.07) is 6.32. The van der Waals surface area contributed by atoms with Gasteiger partial charge in [0.1, 0.15) is 0 Å². The number of nitrogens with zero attached hydrogens (tertiary/aromatic N) is 1. The Hall–Kier alpha value is -0.580. The van der Waals surface area contributed by atoms with Crippen molar-refractivity contribution < 1.29 is 8.42 Å². The predicted molar refractivity (Wildman–Crippen MR) is 80.0 cm³/mol. The van der Waals surface area contributed by atoms with E-state index in [2.05, 4.69) is 0 Å². The van der Waals surface area contributed by atoms with Crippen LogP contribution in [0.5, 0.6) is 0 Å². The quantitative estimate of drug-likeness (QED) is 0.798. The second-order valence-electron chi connectivity index (χ2n) is 4.80. The van der Waals surface area contributed by atoms with E-state index in [9.17, 15) is 8.42 Å². The van der Waals surface area contributed by atoms with E-state index in [1.165, 1.54) is 0 Å². The summed E-state index contributed by atoms with van der Waals surface area (Å²) in [6.45, 7) is 7.88. The second kappa shape index (κ2) is 6.73. The van der Waals surface area contributed by atoms with Crippen LogP contribution in [-0.2, 0) is 10.0 Å². The molecule has 0 bridgehead atoms. The highest BCUT2D eigenvalue weighted by Gasteiger charge is 2.31. The van der Waals surface area contributed by atoms with Crippen molar-refractivity contribution in [1.29, 1.82) is 0 Å². The number of sulfonamides is 1. The van der Waals surface area contributed by atoms with Crippen LogP contribution in [0.1, 0.15) is 40.5 Å². The normalized spacial score (nSPS) is 15.5. The fourth-order valence-corrected chi connectivity index (χ4v) is 4.09. The molecule has 0 heterocycles. The van der Waals surface area contributed by atoms with Crippen LogP contribution in [0.3, 0.4) is 0 Å². The molecule has 0 spiro atoms. The molecule has 19 heavy (non-hydrogen) atoms.